The van der Waals surface area contributed by atoms with Crippen molar-refractivity contribution < 1.29 is 8.78 Å². The summed E-state index contributed by atoms with van der Waals surface area (Å²) in [4.78, 5) is 7.29. The summed E-state index contributed by atoms with van der Waals surface area (Å²) >= 11 is 0. The first-order valence-corrected chi connectivity index (χ1v) is 6.87. The number of hydrogen-bond acceptors (Lipinski definition) is 2. The Hall–Kier alpha value is -1.49. The highest BCUT2D eigenvalue weighted by molar-refractivity contribution is 5.79. The van der Waals surface area contributed by atoms with Crippen molar-refractivity contribution in [2.75, 3.05) is 6.54 Å². The third-order valence-electron chi connectivity index (χ3n) is 4.29. The number of aromatic amines is 1. The number of imidazole rings is 1. The normalized spacial score (nSPS) is 22.3. The van der Waals surface area contributed by atoms with E-state index in [2.05, 4.69) is 15.3 Å². The van der Waals surface area contributed by atoms with E-state index in [-0.39, 0.29) is 28.7 Å². The number of nitrogens with one attached hydrogen (secondary N) is 2. The van der Waals surface area contributed by atoms with Crippen LogP contribution in [0.3, 0.4) is 0 Å². The summed E-state index contributed by atoms with van der Waals surface area (Å²) in [5.74, 6) is 0.0269. The standard InChI is InChI=1S/C14H15F2N3/c15-10-7-3-1-4-8(7)11(16)13-12(10)18-14(19-13)9-5-2-6-17-9/h9,17H,1-6H2,(H,18,19)/t9-/m1/s1. The van der Waals surface area contributed by atoms with E-state index in [9.17, 15) is 8.78 Å². The van der Waals surface area contributed by atoms with Crippen LogP contribution in [0.1, 0.15) is 42.3 Å². The lowest BCUT2D eigenvalue weighted by atomic mass is 10.1. The highest BCUT2D eigenvalue weighted by atomic mass is 19.1. The molecule has 1 aliphatic carbocycles. The van der Waals surface area contributed by atoms with E-state index < -0.39 is 0 Å². The SMILES string of the molecule is Fc1c2c(c(F)c3[nH]c([C@H]4CCCN4)nc13)CCC2. The minimum absolute atomic E-state index is 0.0982. The zero-order valence-corrected chi connectivity index (χ0v) is 10.5. The number of H-pyrrole nitrogens is 1. The molecule has 2 aromatic rings. The van der Waals surface area contributed by atoms with E-state index in [0.717, 1.165) is 25.8 Å². The molecule has 3 nitrogen and oxygen atoms in total. The molecule has 1 fully saturated rings. The minimum Gasteiger partial charge on any atom is -0.338 e. The van der Waals surface area contributed by atoms with Crippen molar-refractivity contribution in [2.45, 2.75) is 38.1 Å². The molecule has 0 radical (unpaired) electrons. The molecule has 0 amide bonds. The summed E-state index contributed by atoms with van der Waals surface area (Å²) in [5.41, 5.74) is 1.48. The van der Waals surface area contributed by atoms with Crippen LogP contribution in [0.2, 0.25) is 0 Å². The molecule has 0 unspecified atom stereocenters. The lowest BCUT2D eigenvalue weighted by molar-refractivity contribution is 0.600. The number of halogens is 2. The Morgan fingerprint density at radius 2 is 1.84 bits per heavy atom. The van der Waals surface area contributed by atoms with Gasteiger partial charge < -0.3 is 10.3 Å². The Morgan fingerprint density at radius 3 is 2.58 bits per heavy atom. The topological polar surface area (TPSA) is 40.7 Å². The molecule has 1 aromatic heterocycles. The first-order valence-electron chi connectivity index (χ1n) is 6.87. The van der Waals surface area contributed by atoms with Gasteiger partial charge in [-0.05, 0) is 49.8 Å². The number of nitrogens with zero attached hydrogens (tertiary/aromatic N) is 1. The Bertz CT molecular complexity index is 609. The minimum atomic E-state index is -0.329. The van der Waals surface area contributed by atoms with Crippen LogP contribution in [0, 0.1) is 11.6 Å². The molecular formula is C14H15F2N3. The van der Waals surface area contributed by atoms with Crippen molar-refractivity contribution in [3.05, 3.63) is 28.6 Å². The van der Waals surface area contributed by atoms with Crippen LogP contribution >= 0.6 is 0 Å². The molecule has 1 saturated heterocycles. The van der Waals surface area contributed by atoms with Crippen molar-refractivity contribution in [3.8, 4) is 0 Å². The third-order valence-corrected chi connectivity index (χ3v) is 4.29. The van der Waals surface area contributed by atoms with Gasteiger partial charge in [-0.2, -0.15) is 0 Å². The largest absolute Gasteiger partial charge is 0.338 e. The molecule has 2 aliphatic rings. The lowest BCUT2D eigenvalue weighted by Crippen LogP contribution is -2.14. The second kappa shape index (κ2) is 4.00. The third kappa shape index (κ3) is 1.54. The number of benzene rings is 1. The van der Waals surface area contributed by atoms with E-state index in [1.165, 1.54) is 0 Å². The fraction of sp³-hybridized carbons (Fsp3) is 0.500. The molecule has 4 rings (SSSR count). The van der Waals surface area contributed by atoms with E-state index in [1.54, 1.807) is 0 Å². The molecule has 1 atom stereocenters. The van der Waals surface area contributed by atoms with Gasteiger partial charge in [-0.25, -0.2) is 13.8 Å². The quantitative estimate of drug-likeness (QED) is 0.830. The van der Waals surface area contributed by atoms with E-state index in [0.29, 0.717) is 29.8 Å². The second-order valence-electron chi connectivity index (χ2n) is 5.43. The zero-order valence-electron chi connectivity index (χ0n) is 10.5. The number of hydrogen-bond donors (Lipinski definition) is 2. The molecule has 0 bridgehead atoms. The fourth-order valence-corrected chi connectivity index (χ4v) is 3.31. The van der Waals surface area contributed by atoms with Crippen molar-refractivity contribution in [3.63, 3.8) is 0 Å². The van der Waals surface area contributed by atoms with Crippen LogP contribution in [-0.2, 0) is 12.8 Å². The first kappa shape index (κ1) is 11.3. The summed E-state index contributed by atoms with van der Waals surface area (Å²) in [7, 11) is 0. The van der Waals surface area contributed by atoms with E-state index in [1.807, 2.05) is 0 Å². The monoisotopic (exact) mass is 263 g/mol. The van der Waals surface area contributed by atoms with Crippen LogP contribution < -0.4 is 5.32 Å². The maximum Gasteiger partial charge on any atom is 0.154 e. The molecule has 1 aliphatic heterocycles. The van der Waals surface area contributed by atoms with Gasteiger partial charge in [0, 0.05) is 0 Å². The van der Waals surface area contributed by atoms with Crippen LogP contribution in [0.25, 0.3) is 11.0 Å². The van der Waals surface area contributed by atoms with Gasteiger partial charge in [-0.1, -0.05) is 0 Å². The Kier molecular flexibility index (Phi) is 2.39. The maximum absolute atomic E-state index is 14.4. The second-order valence-corrected chi connectivity index (χ2v) is 5.43. The molecule has 5 heteroatoms. The van der Waals surface area contributed by atoms with Gasteiger partial charge in [0.15, 0.2) is 11.6 Å². The molecule has 2 heterocycles. The number of aromatic nitrogens is 2. The van der Waals surface area contributed by atoms with E-state index >= 15 is 0 Å². The summed E-state index contributed by atoms with van der Waals surface area (Å²) in [6.45, 7) is 0.934. The van der Waals surface area contributed by atoms with Crippen LogP contribution in [0.15, 0.2) is 0 Å². The summed E-state index contributed by atoms with van der Waals surface area (Å²) < 4.78 is 28.8. The van der Waals surface area contributed by atoms with E-state index in [4.69, 9.17) is 0 Å². The first-order chi connectivity index (χ1) is 9.25. The average molecular weight is 263 g/mol. The molecule has 0 saturated carbocycles. The van der Waals surface area contributed by atoms with Gasteiger partial charge in [-0.3, -0.25) is 0 Å². The van der Waals surface area contributed by atoms with Crippen molar-refractivity contribution in [1.82, 2.24) is 15.3 Å². The Labute approximate surface area is 109 Å². The Morgan fingerprint density at radius 1 is 1.05 bits per heavy atom. The predicted octanol–water partition coefficient (Wildman–Crippen LogP) is 2.75. The summed E-state index contributed by atoms with van der Waals surface area (Å²) in [5, 5.41) is 3.29. The van der Waals surface area contributed by atoms with Gasteiger partial charge in [0.1, 0.15) is 16.9 Å². The molecule has 19 heavy (non-hydrogen) atoms. The molecular weight excluding hydrogens is 248 g/mol. The summed E-state index contributed by atoms with van der Waals surface area (Å²) in [6, 6.07) is 0.0982. The van der Waals surface area contributed by atoms with Gasteiger partial charge in [0.25, 0.3) is 0 Å². The van der Waals surface area contributed by atoms with Crippen LogP contribution in [0.4, 0.5) is 8.78 Å². The van der Waals surface area contributed by atoms with Gasteiger partial charge >= 0.3 is 0 Å². The number of fused-ring (bicyclic) bond motifs is 2. The zero-order chi connectivity index (χ0) is 13.0. The van der Waals surface area contributed by atoms with Crippen molar-refractivity contribution >= 4 is 11.0 Å². The number of rotatable bonds is 1. The molecule has 100 valence electrons. The van der Waals surface area contributed by atoms with Crippen molar-refractivity contribution in [1.29, 1.82) is 0 Å². The highest BCUT2D eigenvalue weighted by Gasteiger charge is 2.27. The molecule has 0 spiro atoms. The fourth-order valence-electron chi connectivity index (χ4n) is 3.31. The van der Waals surface area contributed by atoms with Gasteiger partial charge in [0.05, 0.1) is 6.04 Å². The Balaban J connectivity index is 1.93. The summed E-state index contributed by atoms with van der Waals surface area (Å²) in [6.07, 6.45) is 4.11. The van der Waals surface area contributed by atoms with Crippen molar-refractivity contribution in [2.24, 2.45) is 0 Å². The van der Waals surface area contributed by atoms with Crippen LogP contribution in [0.5, 0.6) is 0 Å². The lowest BCUT2D eigenvalue weighted by Gasteiger charge is -2.04. The van der Waals surface area contributed by atoms with Crippen LogP contribution in [-0.4, -0.2) is 16.5 Å². The van der Waals surface area contributed by atoms with Gasteiger partial charge in [-0.15, -0.1) is 0 Å². The predicted molar refractivity (Wildman–Crippen MR) is 68.0 cm³/mol. The maximum atomic E-state index is 14.4. The average Bonchev–Trinajstić information content (AvgIpc) is 3.12. The molecule has 2 N–H and O–H groups in total. The van der Waals surface area contributed by atoms with Gasteiger partial charge in [0.2, 0.25) is 0 Å². The highest BCUT2D eigenvalue weighted by Crippen LogP contribution is 2.34. The molecule has 1 aromatic carbocycles. The smallest absolute Gasteiger partial charge is 0.154 e.